The number of hydrogen-bond acceptors (Lipinski definition) is 4. The van der Waals surface area contributed by atoms with E-state index in [0.29, 0.717) is 6.61 Å². The monoisotopic (exact) mass is 358 g/mol. The third-order valence-electron chi connectivity index (χ3n) is 4.02. The van der Waals surface area contributed by atoms with Gasteiger partial charge in [0, 0.05) is 29.9 Å². The van der Waals surface area contributed by atoms with Gasteiger partial charge in [0.15, 0.2) is 0 Å². The molecule has 0 unspecified atom stereocenters. The summed E-state index contributed by atoms with van der Waals surface area (Å²) in [6.07, 6.45) is 0.879. The van der Waals surface area contributed by atoms with Crippen molar-refractivity contribution < 1.29 is 9.53 Å². The third kappa shape index (κ3) is 3.85. The summed E-state index contributed by atoms with van der Waals surface area (Å²) in [5, 5.41) is 8.94. The molecule has 4 rings (SSSR count). The Bertz CT molecular complexity index is 822. The second-order valence-electron chi connectivity index (χ2n) is 5.74. The van der Waals surface area contributed by atoms with Gasteiger partial charge in [0.1, 0.15) is 11.6 Å². The molecule has 6 nitrogen and oxygen atoms in total. The zero-order valence-corrected chi connectivity index (χ0v) is 14.4. The Morgan fingerprint density at radius 1 is 1.12 bits per heavy atom. The number of hydrogen-bond donors (Lipinski definition) is 3. The van der Waals surface area contributed by atoms with Crippen LogP contribution in [0.2, 0.25) is 0 Å². The first-order valence-electron chi connectivity index (χ1n) is 8.00. The molecule has 25 heavy (non-hydrogen) atoms. The Hall–Kier alpha value is -2.73. The lowest BCUT2D eigenvalue weighted by Crippen LogP contribution is -2.21. The molecule has 0 radical (unpaired) electrons. The highest BCUT2D eigenvalue weighted by molar-refractivity contribution is 6.03. The molecule has 0 aliphatic carbocycles. The molecule has 2 aliphatic rings. The topological polar surface area (TPSA) is 74.8 Å². The predicted octanol–water partition coefficient (Wildman–Crippen LogP) is 3.04. The summed E-state index contributed by atoms with van der Waals surface area (Å²) in [5.74, 6) is 1.77. The van der Waals surface area contributed by atoms with Crippen LogP contribution in [-0.2, 0) is 6.42 Å². The van der Waals surface area contributed by atoms with Gasteiger partial charge in [0.2, 0.25) is 0 Å². The van der Waals surface area contributed by atoms with Gasteiger partial charge < -0.3 is 20.7 Å². The zero-order chi connectivity index (χ0) is 16.4. The lowest BCUT2D eigenvalue weighted by molar-refractivity contribution is 0.262. The molecular weight excluding hydrogens is 340 g/mol. The van der Waals surface area contributed by atoms with Crippen molar-refractivity contribution in [1.29, 1.82) is 0 Å². The van der Waals surface area contributed by atoms with Gasteiger partial charge in [-0.2, -0.15) is 0 Å². The van der Waals surface area contributed by atoms with E-state index in [1.54, 1.807) is 0 Å². The van der Waals surface area contributed by atoms with Crippen molar-refractivity contribution in [3.63, 3.8) is 0 Å². The van der Waals surface area contributed by atoms with E-state index in [2.05, 4.69) is 20.9 Å². The fraction of sp³-hybridized carbons (Fsp3) is 0.222. The largest absolute Gasteiger partial charge is 0.493 e. The number of anilines is 2. The number of benzene rings is 2. The number of nitrogens with zero attached hydrogens (tertiary/aromatic N) is 1. The first kappa shape index (κ1) is 17.1. The van der Waals surface area contributed by atoms with E-state index in [0.717, 1.165) is 53.6 Å². The Morgan fingerprint density at radius 3 is 2.76 bits per heavy atom. The van der Waals surface area contributed by atoms with Crippen molar-refractivity contribution in [3.05, 3.63) is 53.6 Å². The van der Waals surface area contributed by atoms with Crippen molar-refractivity contribution in [2.45, 2.75) is 6.42 Å². The van der Waals surface area contributed by atoms with Crippen LogP contribution in [0.4, 0.5) is 16.2 Å². The van der Waals surface area contributed by atoms with E-state index >= 15 is 0 Å². The number of ether oxygens (including phenoxy) is 1. The predicted molar refractivity (Wildman–Crippen MR) is 101 cm³/mol. The smallest absolute Gasteiger partial charge is 0.323 e. The Kier molecular flexibility index (Phi) is 5.09. The average Bonchev–Trinajstić information content (AvgIpc) is 3.26. The molecule has 0 bridgehead atoms. The minimum Gasteiger partial charge on any atom is -0.493 e. The van der Waals surface area contributed by atoms with Gasteiger partial charge in [-0.05, 0) is 35.9 Å². The SMILES string of the molecule is Cl.O=C(Nc1cccc(C2=NCCN2)c1)Nc1ccc2c(c1)CCO2. The molecule has 0 spiro atoms. The van der Waals surface area contributed by atoms with Crippen molar-refractivity contribution in [2.75, 3.05) is 30.3 Å². The Labute approximate surface area is 152 Å². The van der Waals surface area contributed by atoms with Crippen LogP contribution >= 0.6 is 12.4 Å². The summed E-state index contributed by atoms with van der Waals surface area (Å²) in [4.78, 5) is 16.6. The minimum absolute atomic E-state index is 0. The van der Waals surface area contributed by atoms with Crippen molar-refractivity contribution in [2.24, 2.45) is 4.99 Å². The molecular formula is C18H19ClN4O2. The van der Waals surface area contributed by atoms with Gasteiger partial charge in [-0.25, -0.2) is 4.79 Å². The summed E-state index contributed by atoms with van der Waals surface area (Å²) in [7, 11) is 0. The van der Waals surface area contributed by atoms with Gasteiger partial charge in [-0.1, -0.05) is 12.1 Å². The van der Waals surface area contributed by atoms with Crippen LogP contribution < -0.4 is 20.7 Å². The lowest BCUT2D eigenvalue weighted by Gasteiger charge is -2.10. The number of amides is 2. The molecule has 0 saturated heterocycles. The molecule has 0 aromatic heterocycles. The lowest BCUT2D eigenvalue weighted by atomic mass is 10.1. The second-order valence-corrected chi connectivity index (χ2v) is 5.74. The van der Waals surface area contributed by atoms with E-state index < -0.39 is 0 Å². The van der Waals surface area contributed by atoms with Gasteiger partial charge in [-0.3, -0.25) is 4.99 Å². The number of nitrogens with one attached hydrogen (secondary N) is 3. The van der Waals surface area contributed by atoms with Gasteiger partial charge >= 0.3 is 6.03 Å². The highest BCUT2D eigenvalue weighted by atomic mass is 35.5. The van der Waals surface area contributed by atoms with E-state index in [4.69, 9.17) is 4.74 Å². The van der Waals surface area contributed by atoms with Crippen LogP contribution in [0.3, 0.4) is 0 Å². The third-order valence-corrected chi connectivity index (χ3v) is 4.02. The quantitative estimate of drug-likeness (QED) is 0.789. The fourth-order valence-corrected chi connectivity index (χ4v) is 2.89. The van der Waals surface area contributed by atoms with Gasteiger partial charge in [0.25, 0.3) is 0 Å². The van der Waals surface area contributed by atoms with Crippen LogP contribution in [0, 0.1) is 0 Å². The fourth-order valence-electron chi connectivity index (χ4n) is 2.89. The molecule has 2 amide bonds. The maximum atomic E-state index is 12.2. The van der Waals surface area contributed by atoms with Crippen LogP contribution in [0.1, 0.15) is 11.1 Å². The molecule has 0 fully saturated rings. The minimum atomic E-state index is -0.271. The molecule has 3 N–H and O–H groups in total. The maximum absolute atomic E-state index is 12.2. The molecule has 2 heterocycles. The standard InChI is InChI=1S/C18H18N4O2.ClH/c23-18(22-15-4-5-16-12(10-15)6-9-24-16)21-14-3-1-2-13(11-14)17-19-7-8-20-17;/h1-5,10-11H,6-9H2,(H,19,20)(H2,21,22,23);1H. The van der Waals surface area contributed by atoms with E-state index in [1.807, 2.05) is 42.5 Å². The number of amidine groups is 1. The van der Waals surface area contributed by atoms with Crippen LogP contribution in [-0.4, -0.2) is 31.6 Å². The number of carbonyl (C=O) groups excluding carboxylic acids is 1. The number of rotatable bonds is 3. The summed E-state index contributed by atoms with van der Waals surface area (Å²) in [6.45, 7) is 2.35. The number of halogens is 1. The number of carbonyl (C=O) groups is 1. The molecule has 2 aromatic carbocycles. The van der Waals surface area contributed by atoms with Crippen LogP contribution in [0.15, 0.2) is 47.5 Å². The summed E-state index contributed by atoms with van der Waals surface area (Å²) in [6, 6.07) is 13.1. The van der Waals surface area contributed by atoms with Crippen LogP contribution in [0.5, 0.6) is 5.75 Å². The Morgan fingerprint density at radius 2 is 1.96 bits per heavy atom. The van der Waals surface area contributed by atoms with Gasteiger partial charge in [0.05, 0.1) is 13.2 Å². The summed E-state index contributed by atoms with van der Waals surface area (Å²) in [5.41, 5.74) is 3.58. The van der Waals surface area contributed by atoms with Crippen molar-refractivity contribution in [3.8, 4) is 5.75 Å². The number of fused-ring (bicyclic) bond motifs is 1. The summed E-state index contributed by atoms with van der Waals surface area (Å²) < 4.78 is 5.47. The zero-order valence-electron chi connectivity index (χ0n) is 13.5. The normalized spacial score (nSPS) is 14.5. The first-order chi connectivity index (χ1) is 11.8. The summed E-state index contributed by atoms with van der Waals surface area (Å²) >= 11 is 0. The Balaban J connectivity index is 0.00000182. The van der Waals surface area contributed by atoms with Crippen molar-refractivity contribution >= 4 is 35.6 Å². The molecule has 0 atom stereocenters. The first-order valence-corrected chi connectivity index (χ1v) is 8.00. The van der Waals surface area contributed by atoms with E-state index in [-0.39, 0.29) is 18.4 Å². The maximum Gasteiger partial charge on any atom is 0.323 e. The molecule has 7 heteroatoms. The van der Waals surface area contributed by atoms with Crippen LogP contribution in [0.25, 0.3) is 0 Å². The molecule has 2 aromatic rings. The number of aliphatic imine (C=N–C) groups is 1. The van der Waals surface area contributed by atoms with Crippen molar-refractivity contribution in [1.82, 2.24) is 5.32 Å². The number of urea groups is 1. The highest BCUT2D eigenvalue weighted by Crippen LogP contribution is 2.27. The highest BCUT2D eigenvalue weighted by Gasteiger charge is 2.13. The van der Waals surface area contributed by atoms with Gasteiger partial charge in [-0.15, -0.1) is 12.4 Å². The van der Waals surface area contributed by atoms with E-state index in [1.165, 1.54) is 0 Å². The molecule has 130 valence electrons. The second kappa shape index (κ2) is 7.44. The average molecular weight is 359 g/mol. The van der Waals surface area contributed by atoms with E-state index in [9.17, 15) is 4.79 Å². The molecule has 0 saturated carbocycles. The molecule has 2 aliphatic heterocycles.